The first-order chi connectivity index (χ1) is 13.6. The smallest absolute Gasteiger partial charge is 0.328 e. The number of aromatic nitrogens is 3. The Morgan fingerprint density at radius 1 is 1.34 bits per heavy atom. The molecule has 0 bridgehead atoms. The van der Waals surface area contributed by atoms with E-state index in [2.05, 4.69) is 10.4 Å². The van der Waals surface area contributed by atoms with E-state index in [1.807, 2.05) is 13.8 Å². The van der Waals surface area contributed by atoms with Gasteiger partial charge in [0.25, 0.3) is 17.4 Å². The Bertz CT molecular complexity index is 1110. The van der Waals surface area contributed by atoms with Crippen LogP contribution in [-0.2, 0) is 11.3 Å². The molecular weight excluding hydrogens is 382 g/mol. The molecule has 2 aromatic heterocycles. The lowest BCUT2D eigenvalue weighted by molar-refractivity contribution is -0.131. The number of hydrogen-bond acceptors (Lipinski definition) is 6. The summed E-state index contributed by atoms with van der Waals surface area (Å²) >= 11 is 0. The van der Waals surface area contributed by atoms with Crippen molar-refractivity contribution in [3.63, 3.8) is 0 Å². The molecule has 0 aliphatic heterocycles. The number of carbonyl (C=O) groups excluding carboxylic acids is 2. The van der Waals surface area contributed by atoms with Gasteiger partial charge in [0.2, 0.25) is 5.88 Å². The van der Waals surface area contributed by atoms with Gasteiger partial charge in [-0.15, -0.1) is 0 Å². The van der Waals surface area contributed by atoms with E-state index in [4.69, 9.17) is 10.8 Å². The van der Waals surface area contributed by atoms with Gasteiger partial charge >= 0.3 is 5.97 Å². The van der Waals surface area contributed by atoms with Crippen molar-refractivity contribution in [2.75, 3.05) is 0 Å². The van der Waals surface area contributed by atoms with Gasteiger partial charge in [-0.1, -0.05) is 13.8 Å². The maximum atomic E-state index is 12.9. The minimum Gasteiger partial charge on any atom is -0.494 e. The molecule has 0 spiro atoms. The summed E-state index contributed by atoms with van der Waals surface area (Å²) in [6, 6.07) is -0.0524. The van der Waals surface area contributed by atoms with Crippen LogP contribution in [0.15, 0.2) is 10.9 Å². The van der Waals surface area contributed by atoms with Gasteiger partial charge in [0.1, 0.15) is 0 Å². The highest BCUT2D eigenvalue weighted by Gasteiger charge is 2.31. The predicted molar refractivity (Wildman–Crippen MR) is 102 cm³/mol. The third kappa shape index (κ3) is 3.84. The van der Waals surface area contributed by atoms with Crippen LogP contribution in [0.1, 0.15) is 53.1 Å². The second-order valence-corrected chi connectivity index (χ2v) is 7.29. The van der Waals surface area contributed by atoms with Crippen molar-refractivity contribution < 1.29 is 24.6 Å². The molecule has 11 nitrogen and oxygen atoms in total. The topological polar surface area (TPSA) is 169 Å². The first-order valence-electron chi connectivity index (χ1n) is 9.02. The number of rotatable bonds is 7. The van der Waals surface area contributed by atoms with Crippen molar-refractivity contribution in [2.45, 2.75) is 39.3 Å². The van der Waals surface area contributed by atoms with Crippen LogP contribution in [0.2, 0.25) is 0 Å². The maximum absolute atomic E-state index is 12.9. The number of nitrogens with two attached hydrogens (primary N) is 1. The number of aromatic hydroxyl groups is 1. The third-order valence-electron chi connectivity index (χ3n) is 4.35. The molecule has 0 radical (unpaired) electrons. The summed E-state index contributed by atoms with van der Waals surface area (Å²) in [4.78, 5) is 48.3. The van der Waals surface area contributed by atoms with E-state index in [1.54, 1.807) is 0 Å². The number of hydrogen-bond donors (Lipinski definition) is 4. The molecule has 1 aliphatic rings. The van der Waals surface area contributed by atoms with Crippen LogP contribution >= 0.6 is 0 Å². The number of nitrogens with zero attached hydrogens (tertiary/aromatic N) is 3. The molecule has 11 heteroatoms. The van der Waals surface area contributed by atoms with Gasteiger partial charge in [-0.25, -0.2) is 4.79 Å². The summed E-state index contributed by atoms with van der Waals surface area (Å²) in [5.41, 5.74) is 3.49. The van der Waals surface area contributed by atoms with Crippen molar-refractivity contribution in [2.24, 2.45) is 11.7 Å². The lowest BCUT2D eigenvalue weighted by Gasteiger charge is -2.17. The molecule has 2 amide bonds. The van der Waals surface area contributed by atoms with E-state index in [-0.39, 0.29) is 35.4 Å². The second kappa shape index (κ2) is 7.41. The average Bonchev–Trinajstić information content (AvgIpc) is 3.33. The SMILES string of the molecule is CC(C)Cn1c(O)c(C(=O)NC2CC2)c(=O)n2nc(C(N)=O)c(/C=C/C(=O)O)c12. The van der Waals surface area contributed by atoms with Gasteiger partial charge in [0.15, 0.2) is 16.9 Å². The van der Waals surface area contributed by atoms with Gasteiger partial charge in [0.05, 0.1) is 5.56 Å². The third-order valence-corrected chi connectivity index (χ3v) is 4.35. The fourth-order valence-electron chi connectivity index (χ4n) is 2.97. The Kier molecular flexibility index (Phi) is 5.14. The van der Waals surface area contributed by atoms with E-state index in [9.17, 15) is 24.3 Å². The molecule has 0 saturated heterocycles. The minimum absolute atomic E-state index is 0.0320. The quantitative estimate of drug-likeness (QED) is 0.470. The summed E-state index contributed by atoms with van der Waals surface area (Å²) in [6.45, 7) is 3.85. The second-order valence-electron chi connectivity index (χ2n) is 7.29. The molecule has 1 fully saturated rings. The molecule has 5 N–H and O–H groups in total. The molecule has 3 rings (SSSR count). The molecule has 154 valence electrons. The highest BCUT2D eigenvalue weighted by Crippen LogP contribution is 2.26. The lowest BCUT2D eigenvalue weighted by atomic mass is 10.1. The number of primary amides is 1. The van der Waals surface area contributed by atoms with Crippen LogP contribution < -0.4 is 16.6 Å². The monoisotopic (exact) mass is 403 g/mol. The standard InChI is InChI=1S/C18H21N5O6/c1-8(2)7-22-16-10(5-6-11(24)25)13(14(19)26)21-23(16)18(29)12(17(22)28)15(27)20-9-3-4-9/h5-6,8-9,28H,3-4,7H2,1-2H3,(H2,19,26)(H,20,27)(H,24,25)/b6-5+. The number of fused-ring (bicyclic) bond motifs is 1. The molecule has 0 atom stereocenters. The molecule has 2 heterocycles. The van der Waals surface area contributed by atoms with Gasteiger partial charge in [0, 0.05) is 18.7 Å². The molecule has 0 unspecified atom stereocenters. The van der Waals surface area contributed by atoms with Crippen molar-refractivity contribution in [3.05, 3.63) is 33.3 Å². The first kappa shape index (κ1) is 20.1. The minimum atomic E-state index is -1.29. The number of aliphatic carboxylic acids is 1. The van der Waals surface area contributed by atoms with Crippen LogP contribution in [0, 0.1) is 5.92 Å². The molecule has 29 heavy (non-hydrogen) atoms. The fourth-order valence-corrected chi connectivity index (χ4v) is 2.97. The average molecular weight is 403 g/mol. The van der Waals surface area contributed by atoms with Crippen LogP contribution in [0.4, 0.5) is 0 Å². The Morgan fingerprint density at radius 3 is 2.52 bits per heavy atom. The maximum Gasteiger partial charge on any atom is 0.328 e. The summed E-state index contributed by atoms with van der Waals surface area (Å²) in [6.07, 6.45) is 3.40. The Hall–Kier alpha value is -3.63. The van der Waals surface area contributed by atoms with Crippen molar-refractivity contribution in [1.29, 1.82) is 0 Å². The number of amides is 2. The van der Waals surface area contributed by atoms with E-state index in [0.717, 1.165) is 29.5 Å². The van der Waals surface area contributed by atoms with Crippen molar-refractivity contribution in [1.82, 2.24) is 19.5 Å². The normalized spacial score (nSPS) is 14.0. The molecule has 1 aliphatic carbocycles. The van der Waals surface area contributed by atoms with Crippen LogP contribution in [-0.4, -0.2) is 48.2 Å². The van der Waals surface area contributed by atoms with Gasteiger partial charge in [-0.3, -0.25) is 19.0 Å². The highest BCUT2D eigenvalue weighted by atomic mass is 16.4. The molecule has 1 saturated carbocycles. The fraction of sp³-hybridized carbons (Fsp3) is 0.389. The number of carboxylic acid groups (broad SMARTS) is 1. The number of carboxylic acids is 1. The Labute approximate surface area is 164 Å². The van der Waals surface area contributed by atoms with Gasteiger partial charge in [-0.2, -0.15) is 9.61 Å². The van der Waals surface area contributed by atoms with E-state index >= 15 is 0 Å². The number of carbonyl (C=O) groups is 3. The lowest BCUT2D eigenvalue weighted by Crippen LogP contribution is -2.34. The van der Waals surface area contributed by atoms with Crippen LogP contribution in [0.3, 0.4) is 0 Å². The zero-order chi connectivity index (χ0) is 21.5. The van der Waals surface area contributed by atoms with Gasteiger partial charge in [-0.05, 0) is 24.8 Å². The van der Waals surface area contributed by atoms with Crippen LogP contribution in [0.25, 0.3) is 11.7 Å². The number of nitrogens with one attached hydrogen (secondary N) is 1. The zero-order valence-corrected chi connectivity index (χ0v) is 15.9. The summed E-state index contributed by atoms with van der Waals surface area (Å²) in [5.74, 6) is -3.64. The highest BCUT2D eigenvalue weighted by molar-refractivity contribution is 6.00. The Balaban J connectivity index is 2.37. The van der Waals surface area contributed by atoms with Gasteiger partial charge < -0.3 is 21.3 Å². The summed E-state index contributed by atoms with van der Waals surface area (Å²) in [5, 5.41) is 26.3. The zero-order valence-electron chi connectivity index (χ0n) is 15.9. The Morgan fingerprint density at radius 2 is 2.00 bits per heavy atom. The summed E-state index contributed by atoms with van der Waals surface area (Å²) < 4.78 is 2.06. The van der Waals surface area contributed by atoms with E-state index in [0.29, 0.717) is 0 Å². The van der Waals surface area contributed by atoms with E-state index < -0.39 is 34.8 Å². The van der Waals surface area contributed by atoms with Crippen molar-refractivity contribution in [3.8, 4) is 5.88 Å². The predicted octanol–water partition coefficient (Wildman–Crippen LogP) is -0.0535. The first-order valence-corrected chi connectivity index (χ1v) is 9.02. The van der Waals surface area contributed by atoms with Crippen LogP contribution in [0.5, 0.6) is 5.88 Å². The molecule has 2 aromatic rings. The molecular formula is C18H21N5O6. The van der Waals surface area contributed by atoms with Crippen molar-refractivity contribution >= 4 is 29.5 Å². The van der Waals surface area contributed by atoms with E-state index in [1.165, 1.54) is 4.57 Å². The largest absolute Gasteiger partial charge is 0.494 e. The summed E-state index contributed by atoms with van der Waals surface area (Å²) in [7, 11) is 0. The molecule has 0 aromatic carbocycles.